The average molecular weight is 350 g/mol. The van der Waals surface area contributed by atoms with Gasteiger partial charge in [-0.1, -0.05) is 31.8 Å². The summed E-state index contributed by atoms with van der Waals surface area (Å²) in [6.45, 7) is 0. The van der Waals surface area contributed by atoms with E-state index in [-0.39, 0.29) is 17.7 Å². The quantitative estimate of drug-likeness (QED) is 0.677. The molecule has 24 heavy (non-hydrogen) atoms. The van der Waals surface area contributed by atoms with Gasteiger partial charge in [0.15, 0.2) is 0 Å². The number of rotatable bonds is 4. The molecule has 3 N–H and O–H groups in total. The first-order chi connectivity index (χ1) is 11.5. The fourth-order valence-corrected chi connectivity index (χ4v) is 5.04. The predicted octanol–water partition coefficient (Wildman–Crippen LogP) is 2.05. The molecule has 6 heteroatoms. The summed E-state index contributed by atoms with van der Waals surface area (Å²) in [5.41, 5.74) is 0.119. The van der Waals surface area contributed by atoms with Crippen molar-refractivity contribution in [3.05, 3.63) is 23.2 Å². The fourth-order valence-electron chi connectivity index (χ4n) is 4.59. The molecule has 2 aliphatic heterocycles. The molecule has 132 valence electrons. The van der Waals surface area contributed by atoms with E-state index in [0.717, 1.165) is 25.2 Å². The highest BCUT2D eigenvalue weighted by atomic mass is 31.0. The Balaban J connectivity index is 1.58. The maximum atomic E-state index is 11.5. The van der Waals surface area contributed by atoms with Gasteiger partial charge in [-0.25, -0.2) is 4.79 Å². The first kappa shape index (κ1) is 16.6. The van der Waals surface area contributed by atoms with Gasteiger partial charge in [0.2, 0.25) is 0 Å². The van der Waals surface area contributed by atoms with E-state index in [4.69, 9.17) is 0 Å². The summed E-state index contributed by atoms with van der Waals surface area (Å²) in [5.74, 6) is -0.427. The van der Waals surface area contributed by atoms with Crippen molar-refractivity contribution in [1.82, 2.24) is 10.2 Å². The van der Waals surface area contributed by atoms with Gasteiger partial charge in [-0.2, -0.15) is 0 Å². The van der Waals surface area contributed by atoms with Crippen molar-refractivity contribution in [2.24, 2.45) is 11.8 Å². The van der Waals surface area contributed by atoms with Crippen LogP contribution in [-0.4, -0.2) is 45.4 Å². The topological polar surface area (TPSA) is 72.8 Å². The molecule has 5 atom stereocenters. The second-order valence-corrected chi connectivity index (χ2v) is 8.47. The van der Waals surface area contributed by atoms with Crippen molar-refractivity contribution in [3.63, 3.8) is 0 Å². The number of carbonyl (C=O) groups is 1. The molecule has 5 unspecified atom stereocenters. The van der Waals surface area contributed by atoms with Crippen LogP contribution < -0.4 is 5.32 Å². The van der Waals surface area contributed by atoms with Gasteiger partial charge in [-0.15, -0.1) is 9.24 Å². The zero-order valence-electron chi connectivity index (χ0n) is 13.9. The molecule has 0 amide bonds. The number of carboxylic acids is 1. The number of aliphatic hydroxyl groups excluding tert-OH is 1. The average Bonchev–Trinajstić information content (AvgIpc) is 3.26. The number of hydrogen-bond acceptors (Lipinski definition) is 4. The maximum absolute atomic E-state index is 11.5. The molecular weight excluding hydrogens is 323 g/mol. The van der Waals surface area contributed by atoms with Gasteiger partial charge >= 0.3 is 5.97 Å². The predicted molar refractivity (Wildman–Crippen MR) is 95.2 cm³/mol. The van der Waals surface area contributed by atoms with Crippen molar-refractivity contribution in [2.45, 2.75) is 69.3 Å². The Bertz CT molecular complexity index is 581. The Morgan fingerprint density at radius 3 is 2.62 bits per heavy atom. The highest BCUT2D eigenvalue weighted by Gasteiger charge is 2.46. The normalized spacial score (nSPS) is 37.0. The lowest BCUT2D eigenvalue weighted by Gasteiger charge is -2.47. The summed E-state index contributed by atoms with van der Waals surface area (Å²) < 4.78 is 0. The van der Waals surface area contributed by atoms with Crippen LogP contribution in [0.5, 0.6) is 0 Å². The first-order valence-electron chi connectivity index (χ1n) is 9.18. The second kappa shape index (κ2) is 6.44. The van der Waals surface area contributed by atoms with Crippen molar-refractivity contribution in [3.8, 4) is 0 Å². The third-order valence-corrected chi connectivity index (χ3v) is 6.67. The molecule has 0 spiro atoms. The largest absolute Gasteiger partial charge is 0.478 e. The first-order valence-corrected chi connectivity index (χ1v) is 9.76. The molecule has 2 fully saturated rings. The molecule has 2 heterocycles. The van der Waals surface area contributed by atoms with Crippen LogP contribution in [0.25, 0.3) is 0 Å². The molecule has 0 aromatic carbocycles. The van der Waals surface area contributed by atoms with Crippen LogP contribution in [0.4, 0.5) is 0 Å². The SMILES string of the molecule is O=C(O)C1=CN(C2CC2)C2NC(CC3CCCC3)C(P)=CC2C1O. The smallest absolute Gasteiger partial charge is 0.335 e. The van der Waals surface area contributed by atoms with Crippen molar-refractivity contribution >= 4 is 15.2 Å². The van der Waals surface area contributed by atoms with Crippen molar-refractivity contribution in [1.29, 1.82) is 0 Å². The van der Waals surface area contributed by atoms with Crippen LogP contribution in [0.2, 0.25) is 0 Å². The molecular formula is C18H27N2O3P. The molecule has 0 saturated heterocycles. The summed E-state index contributed by atoms with van der Waals surface area (Å²) in [4.78, 5) is 13.7. The van der Waals surface area contributed by atoms with Crippen LogP contribution in [-0.2, 0) is 4.79 Å². The molecule has 2 saturated carbocycles. The highest BCUT2D eigenvalue weighted by Crippen LogP contribution is 2.41. The minimum Gasteiger partial charge on any atom is -0.478 e. The highest BCUT2D eigenvalue weighted by molar-refractivity contribution is 7.22. The Morgan fingerprint density at radius 1 is 1.29 bits per heavy atom. The number of nitrogens with zero attached hydrogens (tertiary/aromatic N) is 1. The number of hydrogen-bond donors (Lipinski definition) is 3. The fraction of sp³-hybridized carbons (Fsp3) is 0.722. The summed E-state index contributed by atoms with van der Waals surface area (Å²) >= 11 is 0. The van der Waals surface area contributed by atoms with Crippen LogP contribution in [0.15, 0.2) is 23.2 Å². The van der Waals surface area contributed by atoms with E-state index >= 15 is 0 Å². The summed E-state index contributed by atoms with van der Waals surface area (Å²) in [7, 11) is 2.82. The van der Waals surface area contributed by atoms with Crippen LogP contribution in [0, 0.1) is 11.8 Å². The Morgan fingerprint density at radius 2 is 2.00 bits per heavy atom. The molecule has 0 aromatic heterocycles. The van der Waals surface area contributed by atoms with Crippen molar-refractivity contribution < 1.29 is 15.0 Å². The molecule has 5 nitrogen and oxygen atoms in total. The van der Waals surface area contributed by atoms with Gasteiger partial charge in [0, 0.05) is 24.2 Å². The number of aliphatic hydroxyl groups is 1. The minimum absolute atomic E-state index is 0.00584. The van der Waals surface area contributed by atoms with Gasteiger partial charge in [-0.3, -0.25) is 5.32 Å². The van der Waals surface area contributed by atoms with E-state index in [1.54, 1.807) is 6.20 Å². The summed E-state index contributed by atoms with van der Waals surface area (Å²) in [5, 5.41) is 24.9. The molecule has 4 rings (SSSR count). The number of nitrogens with one attached hydrogen (secondary N) is 1. The third kappa shape index (κ3) is 3.02. The lowest BCUT2D eigenvalue weighted by atomic mass is 9.84. The number of fused-ring (bicyclic) bond motifs is 1. The van der Waals surface area contributed by atoms with Gasteiger partial charge < -0.3 is 15.1 Å². The van der Waals surface area contributed by atoms with Gasteiger partial charge in [0.05, 0.1) is 17.8 Å². The molecule has 0 aromatic rings. The van der Waals surface area contributed by atoms with E-state index in [1.165, 1.54) is 31.0 Å². The van der Waals surface area contributed by atoms with E-state index in [1.807, 2.05) is 0 Å². The monoisotopic (exact) mass is 350 g/mol. The standard InChI is InChI=1S/C18H27N2O3P/c21-16-12-8-15(24)14(7-10-3-1-2-4-10)19-17(12)20(11-5-6-11)9-13(16)18(22)23/h8-12,14,16-17,19,21H,1-7,24H2,(H,22,23). The van der Waals surface area contributed by atoms with E-state index in [2.05, 4.69) is 25.5 Å². The van der Waals surface area contributed by atoms with Crippen LogP contribution >= 0.6 is 9.24 Å². The minimum atomic E-state index is -1.02. The third-order valence-electron chi connectivity index (χ3n) is 6.08. The number of carboxylic acid groups (broad SMARTS) is 1. The maximum Gasteiger partial charge on any atom is 0.335 e. The van der Waals surface area contributed by atoms with E-state index in [9.17, 15) is 15.0 Å². The Hall–Kier alpha value is -0.900. The Labute approximate surface area is 145 Å². The second-order valence-electron chi connectivity index (χ2n) is 7.81. The molecule has 0 bridgehead atoms. The van der Waals surface area contributed by atoms with Gasteiger partial charge in [0.25, 0.3) is 0 Å². The molecule has 2 aliphatic carbocycles. The zero-order valence-corrected chi connectivity index (χ0v) is 15.1. The van der Waals surface area contributed by atoms with Crippen molar-refractivity contribution in [2.75, 3.05) is 0 Å². The van der Waals surface area contributed by atoms with E-state index < -0.39 is 12.1 Å². The van der Waals surface area contributed by atoms with Crippen LogP contribution in [0.3, 0.4) is 0 Å². The lowest BCUT2D eigenvalue weighted by Crippen LogP contribution is -2.60. The van der Waals surface area contributed by atoms with Gasteiger partial charge in [0.1, 0.15) is 0 Å². The molecule has 4 aliphatic rings. The van der Waals surface area contributed by atoms with Gasteiger partial charge in [-0.05, 0) is 30.5 Å². The van der Waals surface area contributed by atoms with Crippen LogP contribution in [0.1, 0.15) is 44.9 Å². The summed E-state index contributed by atoms with van der Waals surface area (Å²) in [6.07, 6.45) is 11.5. The molecule has 0 radical (unpaired) electrons. The summed E-state index contributed by atoms with van der Waals surface area (Å²) in [6, 6.07) is 0.728. The lowest BCUT2D eigenvalue weighted by molar-refractivity contribution is -0.134. The number of aliphatic carboxylic acids is 1. The zero-order chi connectivity index (χ0) is 16.8. The Kier molecular flexibility index (Phi) is 4.44. The van der Waals surface area contributed by atoms with E-state index in [0.29, 0.717) is 12.1 Å².